The summed E-state index contributed by atoms with van der Waals surface area (Å²) in [5.41, 5.74) is 1.29. The Hall–Kier alpha value is -1.40. The van der Waals surface area contributed by atoms with Gasteiger partial charge in [0.15, 0.2) is 0 Å². The molecule has 2 heterocycles. The van der Waals surface area contributed by atoms with Crippen LogP contribution in [-0.2, 0) is 6.54 Å². The first-order chi connectivity index (χ1) is 10.7. The van der Waals surface area contributed by atoms with E-state index in [2.05, 4.69) is 0 Å². The minimum atomic E-state index is 0.0152. The molecule has 1 aliphatic heterocycles. The molecule has 3 rings (SSSR count). The highest BCUT2D eigenvalue weighted by Crippen LogP contribution is 2.16. The first-order valence-corrected chi connectivity index (χ1v) is 8.03. The summed E-state index contributed by atoms with van der Waals surface area (Å²) in [6.07, 6.45) is 1.58. The van der Waals surface area contributed by atoms with Crippen molar-refractivity contribution in [3.05, 3.63) is 45.3 Å². The van der Waals surface area contributed by atoms with Crippen LogP contribution in [0.5, 0.6) is 0 Å². The fourth-order valence-corrected chi connectivity index (χ4v) is 3.25. The van der Waals surface area contributed by atoms with E-state index in [-0.39, 0.29) is 12.0 Å². The standard InChI is InChI=1S/C16H19ClN2O3/c17-13-1-2-15-14(9-13)16(21)12(11-22-15)10-19-5-3-18(4-6-19)7-8-20/h1-2,9,11,20H,3-8,10H2/p+2. The number of aliphatic hydroxyl groups is 1. The lowest BCUT2D eigenvalue weighted by Gasteiger charge is -2.29. The van der Waals surface area contributed by atoms with E-state index in [0.717, 1.165) is 32.7 Å². The number of benzene rings is 1. The molecule has 0 aliphatic carbocycles. The topological polar surface area (TPSA) is 59.3 Å². The van der Waals surface area contributed by atoms with Crippen molar-refractivity contribution in [3.8, 4) is 0 Å². The molecule has 1 fully saturated rings. The van der Waals surface area contributed by atoms with Crippen LogP contribution in [0.1, 0.15) is 5.56 Å². The van der Waals surface area contributed by atoms with Crippen molar-refractivity contribution in [1.29, 1.82) is 0 Å². The number of halogens is 1. The van der Waals surface area contributed by atoms with E-state index in [1.807, 2.05) is 0 Å². The maximum absolute atomic E-state index is 12.6. The minimum absolute atomic E-state index is 0.0152. The lowest BCUT2D eigenvalue weighted by Crippen LogP contribution is -3.27. The first kappa shape index (κ1) is 15.5. The van der Waals surface area contributed by atoms with Gasteiger partial charge in [0.25, 0.3) is 0 Å². The van der Waals surface area contributed by atoms with Crippen molar-refractivity contribution in [1.82, 2.24) is 0 Å². The smallest absolute Gasteiger partial charge is 0.201 e. The quantitative estimate of drug-likeness (QED) is 0.657. The van der Waals surface area contributed by atoms with Crippen molar-refractivity contribution >= 4 is 22.6 Å². The van der Waals surface area contributed by atoms with Gasteiger partial charge in [0.1, 0.15) is 51.1 Å². The van der Waals surface area contributed by atoms with Crippen molar-refractivity contribution in [2.75, 3.05) is 39.3 Å². The molecule has 3 N–H and O–H groups in total. The maximum Gasteiger partial charge on any atom is 0.201 e. The van der Waals surface area contributed by atoms with Crippen LogP contribution in [0.25, 0.3) is 11.0 Å². The first-order valence-electron chi connectivity index (χ1n) is 7.65. The molecule has 1 aliphatic rings. The Morgan fingerprint density at radius 1 is 1.18 bits per heavy atom. The molecule has 1 aromatic heterocycles. The number of hydrogen-bond donors (Lipinski definition) is 3. The lowest BCUT2D eigenvalue weighted by molar-refractivity contribution is -1.02. The highest BCUT2D eigenvalue weighted by Gasteiger charge is 2.23. The molecule has 0 bridgehead atoms. The van der Waals surface area contributed by atoms with Gasteiger partial charge in [0.05, 0.1) is 17.6 Å². The van der Waals surface area contributed by atoms with Crippen molar-refractivity contribution in [2.45, 2.75) is 6.54 Å². The third-order valence-electron chi connectivity index (χ3n) is 4.38. The van der Waals surface area contributed by atoms with Gasteiger partial charge < -0.3 is 19.3 Å². The monoisotopic (exact) mass is 324 g/mol. The van der Waals surface area contributed by atoms with Gasteiger partial charge >= 0.3 is 0 Å². The van der Waals surface area contributed by atoms with E-state index >= 15 is 0 Å². The molecule has 118 valence electrons. The third kappa shape index (κ3) is 3.33. The summed E-state index contributed by atoms with van der Waals surface area (Å²) in [7, 11) is 0. The second-order valence-corrected chi connectivity index (χ2v) is 6.32. The lowest BCUT2D eigenvalue weighted by atomic mass is 10.1. The Morgan fingerprint density at radius 3 is 2.64 bits per heavy atom. The number of aliphatic hydroxyl groups excluding tert-OH is 1. The van der Waals surface area contributed by atoms with E-state index in [1.54, 1.807) is 24.5 Å². The normalized spacial score (nSPS) is 22.1. The zero-order valence-corrected chi connectivity index (χ0v) is 13.2. The van der Waals surface area contributed by atoms with E-state index < -0.39 is 0 Å². The predicted octanol–water partition coefficient (Wildman–Crippen LogP) is -1.28. The minimum Gasteiger partial charge on any atom is -0.464 e. The average Bonchev–Trinajstić information content (AvgIpc) is 2.53. The van der Waals surface area contributed by atoms with Crippen LogP contribution in [0.3, 0.4) is 0 Å². The van der Waals surface area contributed by atoms with Crippen molar-refractivity contribution < 1.29 is 19.3 Å². The van der Waals surface area contributed by atoms with Gasteiger partial charge in [-0.25, -0.2) is 0 Å². The third-order valence-corrected chi connectivity index (χ3v) is 4.61. The Labute approximate surface area is 133 Å². The fourth-order valence-electron chi connectivity index (χ4n) is 3.08. The number of quaternary nitrogens is 2. The molecule has 0 spiro atoms. The summed E-state index contributed by atoms with van der Waals surface area (Å²) >= 11 is 5.97. The molecule has 0 saturated carbocycles. The highest BCUT2D eigenvalue weighted by atomic mass is 35.5. The molecule has 1 aromatic carbocycles. The summed E-state index contributed by atoms with van der Waals surface area (Å²) in [5, 5.41) is 10.1. The van der Waals surface area contributed by atoms with Crippen LogP contribution < -0.4 is 15.2 Å². The second-order valence-electron chi connectivity index (χ2n) is 5.88. The zero-order valence-electron chi connectivity index (χ0n) is 12.4. The molecular formula is C16H21ClN2O3+2. The molecular weight excluding hydrogens is 304 g/mol. The van der Waals surface area contributed by atoms with E-state index in [9.17, 15) is 4.79 Å². The zero-order chi connectivity index (χ0) is 15.5. The van der Waals surface area contributed by atoms with Gasteiger partial charge in [-0.05, 0) is 18.2 Å². The van der Waals surface area contributed by atoms with Crippen LogP contribution >= 0.6 is 11.6 Å². The SMILES string of the molecule is O=c1c(C[NH+]2CC[NH+](CCO)CC2)coc2ccc(Cl)cc12. The summed E-state index contributed by atoms with van der Waals surface area (Å²) in [6, 6.07) is 5.12. The summed E-state index contributed by atoms with van der Waals surface area (Å²) in [6.45, 7) is 5.78. The highest BCUT2D eigenvalue weighted by molar-refractivity contribution is 6.31. The summed E-state index contributed by atoms with van der Waals surface area (Å²) in [5.74, 6) is 0. The molecule has 2 aromatic rings. The largest absolute Gasteiger partial charge is 0.464 e. The van der Waals surface area contributed by atoms with Crippen LogP contribution in [0.15, 0.2) is 33.7 Å². The summed E-state index contributed by atoms with van der Waals surface area (Å²) < 4.78 is 5.57. The van der Waals surface area contributed by atoms with E-state index in [1.165, 1.54) is 9.80 Å². The number of fused-ring (bicyclic) bond motifs is 1. The number of hydrogen-bond acceptors (Lipinski definition) is 3. The molecule has 1 saturated heterocycles. The average molecular weight is 325 g/mol. The summed E-state index contributed by atoms with van der Waals surface area (Å²) in [4.78, 5) is 15.4. The van der Waals surface area contributed by atoms with Crippen LogP contribution in [0, 0.1) is 0 Å². The maximum atomic E-state index is 12.6. The predicted molar refractivity (Wildman–Crippen MR) is 84.5 cm³/mol. The van der Waals surface area contributed by atoms with Gasteiger partial charge in [-0.2, -0.15) is 0 Å². The van der Waals surface area contributed by atoms with Crippen molar-refractivity contribution in [2.24, 2.45) is 0 Å². The number of piperazine rings is 1. The van der Waals surface area contributed by atoms with Crippen LogP contribution in [0.4, 0.5) is 0 Å². The molecule has 0 radical (unpaired) electrons. The van der Waals surface area contributed by atoms with Crippen LogP contribution in [0.2, 0.25) is 5.02 Å². The fraction of sp³-hybridized carbons (Fsp3) is 0.438. The van der Waals surface area contributed by atoms with E-state index in [4.69, 9.17) is 21.1 Å². The molecule has 5 nitrogen and oxygen atoms in total. The molecule has 6 heteroatoms. The van der Waals surface area contributed by atoms with Crippen molar-refractivity contribution in [3.63, 3.8) is 0 Å². The second kappa shape index (κ2) is 6.79. The molecule has 0 unspecified atom stereocenters. The van der Waals surface area contributed by atoms with Gasteiger partial charge in [0, 0.05) is 5.02 Å². The Kier molecular flexibility index (Phi) is 4.78. The molecule has 0 atom stereocenters. The molecule has 0 amide bonds. The Morgan fingerprint density at radius 2 is 1.91 bits per heavy atom. The van der Waals surface area contributed by atoms with Gasteiger partial charge in [0.2, 0.25) is 5.43 Å². The molecule has 22 heavy (non-hydrogen) atoms. The number of rotatable bonds is 4. The Balaban J connectivity index is 1.75. The van der Waals surface area contributed by atoms with Gasteiger partial charge in [-0.15, -0.1) is 0 Å². The van der Waals surface area contributed by atoms with Gasteiger partial charge in [-0.3, -0.25) is 4.79 Å². The van der Waals surface area contributed by atoms with Crippen LogP contribution in [-0.4, -0.2) is 44.4 Å². The van der Waals surface area contributed by atoms with E-state index in [0.29, 0.717) is 28.1 Å². The number of nitrogens with one attached hydrogen (secondary N) is 2. The Bertz CT molecular complexity index is 708. The van der Waals surface area contributed by atoms with Gasteiger partial charge in [-0.1, -0.05) is 11.6 Å².